The number of nitro benzene ring substituents is 1. The summed E-state index contributed by atoms with van der Waals surface area (Å²) < 4.78 is 7.30. The van der Waals surface area contributed by atoms with Gasteiger partial charge in [0.15, 0.2) is 5.16 Å². The van der Waals surface area contributed by atoms with Gasteiger partial charge in [-0.1, -0.05) is 48.2 Å². The van der Waals surface area contributed by atoms with Crippen LogP contribution >= 0.6 is 23.1 Å². The summed E-state index contributed by atoms with van der Waals surface area (Å²) in [7, 11) is 0. The molecule has 0 saturated heterocycles. The Balaban J connectivity index is 1.41. The van der Waals surface area contributed by atoms with E-state index in [-0.39, 0.29) is 17.1 Å². The van der Waals surface area contributed by atoms with Gasteiger partial charge in [-0.3, -0.25) is 19.5 Å². The Morgan fingerprint density at radius 1 is 1.11 bits per heavy atom. The fourth-order valence-corrected chi connectivity index (χ4v) is 5.35. The third-order valence-corrected chi connectivity index (χ3v) is 7.14. The minimum atomic E-state index is -0.470. The molecule has 0 atom stereocenters. The smallest absolute Gasteiger partial charge is 0.269 e. The van der Waals surface area contributed by atoms with E-state index in [0.29, 0.717) is 39.1 Å². The lowest BCUT2D eigenvalue weighted by atomic mass is 10.2. The van der Waals surface area contributed by atoms with E-state index in [1.54, 1.807) is 22.8 Å². The molecule has 0 spiro atoms. The molecule has 9 nitrogen and oxygen atoms in total. The van der Waals surface area contributed by atoms with Crippen LogP contribution in [0.25, 0.3) is 32.1 Å². The Hall–Kier alpha value is -4.09. The molecular weight excluding hydrogens is 486 g/mol. The molecule has 0 N–H and O–H groups in total. The summed E-state index contributed by atoms with van der Waals surface area (Å²) >= 11 is 2.78. The van der Waals surface area contributed by atoms with Gasteiger partial charge in [0.1, 0.15) is 4.83 Å². The van der Waals surface area contributed by atoms with Crippen molar-refractivity contribution in [3.8, 4) is 21.9 Å². The van der Waals surface area contributed by atoms with E-state index in [1.807, 2.05) is 36.4 Å². The fourth-order valence-electron chi connectivity index (χ4n) is 3.42. The number of hydrogen-bond donors (Lipinski definition) is 0. The molecule has 35 heavy (non-hydrogen) atoms. The van der Waals surface area contributed by atoms with Crippen LogP contribution in [0.1, 0.15) is 5.89 Å². The number of aromatic nitrogens is 4. The Kier molecular flexibility index (Phi) is 6.25. The number of fused-ring (bicyclic) bond motifs is 1. The Morgan fingerprint density at radius 2 is 1.89 bits per heavy atom. The molecule has 5 aromatic rings. The number of benzene rings is 2. The second-order valence-electron chi connectivity index (χ2n) is 7.39. The summed E-state index contributed by atoms with van der Waals surface area (Å²) in [4.78, 5) is 30.0. The minimum absolute atomic E-state index is 0.0188. The highest BCUT2D eigenvalue weighted by molar-refractivity contribution is 7.98. The van der Waals surface area contributed by atoms with Crippen molar-refractivity contribution in [3.05, 3.63) is 99.7 Å². The number of nitrogens with zero attached hydrogens (tertiary/aromatic N) is 5. The first-order valence-corrected chi connectivity index (χ1v) is 12.2. The number of nitro groups is 1. The zero-order chi connectivity index (χ0) is 24.4. The molecular formula is C24H17N5O4S2. The number of allylic oxidation sites excluding steroid dienone is 1. The van der Waals surface area contributed by atoms with Crippen LogP contribution in [0, 0.1) is 10.1 Å². The van der Waals surface area contributed by atoms with Gasteiger partial charge in [0.05, 0.1) is 16.1 Å². The lowest BCUT2D eigenvalue weighted by Gasteiger charge is -2.08. The summed E-state index contributed by atoms with van der Waals surface area (Å²) in [6, 6.07) is 17.6. The SMILES string of the molecule is C=CCn1c(SCc2nnc(-c3ccc([N+](=O)[O-])cc3)o2)nc2sc(-c3ccccc3)cc2c1=O. The van der Waals surface area contributed by atoms with Gasteiger partial charge in [0.25, 0.3) is 11.2 Å². The zero-order valence-corrected chi connectivity index (χ0v) is 19.8. The first-order chi connectivity index (χ1) is 17.0. The lowest BCUT2D eigenvalue weighted by Crippen LogP contribution is -2.22. The molecule has 0 bridgehead atoms. The largest absolute Gasteiger partial charge is 0.420 e. The standard InChI is InChI=1S/C24H17N5O4S2/c1-2-12-28-23(30)18-13-19(15-6-4-3-5-7-15)35-22(18)25-24(28)34-14-20-26-27-21(33-20)16-8-10-17(11-9-16)29(31)32/h2-11,13H,1,12,14H2. The van der Waals surface area contributed by atoms with Crippen LogP contribution in [0.4, 0.5) is 5.69 Å². The lowest BCUT2D eigenvalue weighted by molar-refractivity contribution is -0.384. The summed E-state index contributed by atoms with van der Waals surface area (Å²) in [6.45, 7) is 4.08. The molecule has 0 fully saturated rings. The molecule has 0 aliphatic rings. The molecule has 3 heterocycles. The quantitative estimate of drug-likeness (QED) is 0.0888. The number of rotatable bonds is 8. The van der Waals surface area contributed by atoms with Gasteiger partial charge >= 0.3 is 0 Å². The number of thioether (sulfide) groups is 1. The highest BCUT2D eigenvalue weighted by atomic mass is 32.2. The number of non-ortho nitro benzene ring substituents is 1. The van der Waals surface area contributed by atoms with Gasteiger partial charge in [0.2, 0.25) is 11.8 Å². The van der Waals surface area contributed by atoms with Gasteiger partial charge in [-0.15, -0.1) is 28.1 Å². The zero-order valence-electron chi connectivity index (χ0n) is 18.2. The summed E-state index contributed by atoms with van der Waals surface area (Å²) in [5, 5.41) is 20.0. The van der Waals surface area contributed by atoms with Crippen LogP contribution in [0.2, 0.25) is 0 Å². The Labute approximate surface area is 206 Å². The monoisotopic (exact) mass is 503 g/mol. The fraction of sp³-hybridized carbons (Fsp3) is 0.0833. The van der Waals surface area contributed by atoms with Crippen molar-refractivity contribution in [1.82, 2.24) is 19.7 Å². The molecule has 5 rings (SSSR count). The molecule has 11 heteroatoms. The topological polar surface area (TPSA) is 117 Å². The first kappa shape index (κ1) is 22.7. The van der Waals surface area contributed by atoms with Crippen molar-refractivity contribution in [2.45, 2.75) is 17.5 Å². The van der Waals surface area contributed by atoms with Crippen molar-refractivity contribution in [3.63, 3.8) is 0 Å². The summed E-state index contributed by atoms with van der Waals surface area (Å²) in [5.74, 6) is 0.901. The van der Waals surface area contributed by atoms with Crippen LogP contribution in [0.3, 0.4) is 0 Å². The van der Waals surface area contributed by atoms with E-state index in [1.165, 1.54) is 35.2 Å². The predicted octanol–water partition coefficient (Wildman–Crippen LogP) is 5.56. The van der Waals surface area contributed by atoms with Crippen LogP contribution in [0.5, 0.6) is 0 Å². The second-order valence-corrected chi connectivity index (χ2v) is 9.36. The van der Waals surface area contributed by atoms with Crippen molar-refractivity contribution in [1.29, 1.82) is 0 Å². The maximum absolute atomic E-state index is 13.2. The molecule has 0 unspecified atom stereocenters. The van der Waals surface area contributed by atoms with Gasteiger partial charge in [0, 0.05) is 29.1 Å². The predicted molar refractivity (Wildman–Crippen MR) is 135 cm³/mol. The number of hydrogen-bond acceptors (Lipinski definition) is 9. The maximum Gasteiger partial charge on any atom is 0.269 e. The van der Waals surface area contributed by atoms with E-state index in [4.69, 9.17) is 9.40 Å². The Morgan fingerprint density at radius 3 is 2.60 bits per heavy atom. The van der Waals surface area contributed by atoms with Gasteiger partial charge in [-0.05, 0) is 23.8 Å². The Bertz CT molecular complexity index is 1590. The van der Waals surface area contributed by atoms with E-state index in [0.717, 1.165) is 10.4 Å². The van der Waals surface area contributed by atoms with Gasteiger partial charge in [-0.2, -0.15) is 0 Å². The highest BCUT2D eigenvalue weighted by Gasteiger charge is 2.17. The van der Waals surface area contributed by atoms with Crippen molar-refractivity contribution in [2.75, 3.05) is 0 Å². The molecule has 174 valence electrons. The first-order valence-electron chi connectivity index (χ1n) is 10.4. The molecule has 0 radical (unpaired) electrons. The van der Waals surface area contributed by atoms with Crippen molar-refractivity contribution >= 4 is 39.0 Å². The number of thiophene rings is 1. The molecule has 0 aliphatic carbocycles. The van der Waals surface area contributed by atoms with Crippen molar-refractivity contribution < 1.29 is 9.34 Å². The van der Waals surface area contributed by atoms with Crippen LogP contribution in [-0.4, -0.2) is 24.7 Å². The third kappa shape index (κ3) is 4.63. The van der Waals surface area contributed by atoms with Crippen molar-refractivity contribution in [2.24, 2.45) is 0 Å². The van der Waals surface area contributed by atoms with E-state index in [2.05, 4.69) is 16.8 Å². The molecule has 0 amide bonds. The molecule has 3 aromatic heterocycles. The van der Waals surface area contributed by atoms with Crippen LogP contribution in [-0.2, 0) is 12.3 Å². The molecule has 2 aromatic carbocycles. The van der Waals surface area contributed by atoms with E-state index in [9.17, 15) is 14.9 Å². The van der Waals surface area contributed by atoms with Crippen LogP contribution in [0.15, 0.2) is 87.7 Å². The molecule has 0 saturated carbocycles. The van der Waals surface area contributed by atoms with Gasteiger partial charge in [-0.25, -0.2) is 4.98 Å². The highest BCUT2D eigenvalue weighted by Crippen LogP contribution is 2.33. The summed E-state index contributed by atoms with van der Waals surface area (Å²) in [6.07, 6.45) is 1.66. The van der Waals surface area contributed by atoms with Gasteiger partial charge < -0.3 is 4.42 Å². The average Bonchev–Trinajstić information content (AvgIpc) is 3.53. The summed E-state index contributed by atoms with van der Waals surface area (Å²) in [5.41, 5.74) is 1.46. The average molecular weight is 504 g/mol. The maximum atomic E-state index is 13.2. The van der Waals surface area contributed by atoms with Crippen LogP contribution < -0.4 is 5.56 Å². The minimum Gasteiger partial charge on any atom is -0.420 e. The normalized spacial score (nSPS) is 11.1. The molecule has 0 aliphatic heterocycles. The van der Waals surface area contributed by atoms with E-state index < -0.39 is 4.92 Å². The second kappa shape index (κ2) is 9.65. The van der Waals surface area contributed by atoms with E-state index >= 15 is 0 Å². The third-order valence-electron chi connectivity index (χ3n) is 5.10.